The third-order valence-corrected chi connectivity index (χ3v) is 5.23. The first-order valence-electron chi connectivity index (χ1n) is 9.29. The summed E-state index contributed by atoms with van der Waals surface area (Å²) >= 11 is 0. The van der Waals surface area contributed by atoms with E-state index in [0.717, 1.165) is 18.4 Å². The van der Waals surface area contributed by atoms with Gasteiger partial charge in [-0.3, -0.25) is 4.79 Å². The molecule has 6 heteroatoms. The van der Waals surface area contributed by atoms with Gasteiger partial charge in [-0.2, -0.15) is 0 Å². The number of piperidine rings is 1. The van der Waals surface area contributed by atoms with E-state index in [-0.39, 0.29) is 23.3 Å². The van der Waals surface area contributed by atoms with E-state index in [1.807, 2.05) is 25.7 Å². The molecule has 2 fully saturated rings. The van der Waals surface area contributed by atoms with Crippen molar-refractivity contribution in [3.63, 3.8) is 0 Å². The summed E-state index contributed by atoms with van der Waals surface area (Å²) in [7, 11) is 0. The number of benzene rings is 1. The largest absolute Gasteiger partial charge is 0.338 e. The van der Waals surface area contributed by atoms with E-state index in [1.54, 1.807) is 17.0 Å². The summed E-state index contributed by atoms with van der Waals surface area (Å²) in [6, 6.07) is 6.20. The quantitative estimate of drug-likeness (QED) is 0.880. The lowest BCUT2D eigenvalue weighted by Crippen LogP contribution is -2.52. The number of carbonyl (C=O) groups is 2. The standard InChI is InChI=1S/C20H28FN3O2/c1-19(2,3)22-18(26)24-12-10-20(14-24)9-4-11-23(17(20)25)13-15-5-7-16(21)8-6-15/h5-8H,4,9-14H2,1-3H3,(H,22,26)/t20-/m1/s1. The fourth-order valence-electron chi connectivity index (χ4n) is 3.94. The van der Waals surface area contributed by atoms with E-state index in [1.165, 1.54) is 12.1 Å². The van der Waals surface area contributed by atoms with Gasteiger partial charge in [0.05, 0.1) is 5.41 Å². The van der Waals surface area contributed by atoms with Crippen LogP contribution >= 0.6 is 0 Å². The maximum atomic E-state index is 13.2. The summed E-state index contributed by atoms with van der Waals surface area (Å²) in [4.78, 5) is 29.3. The molecular formula is C20H28FN3O2. The highest BCUT2D eigenvalue weighted by Gasteiger charge is 2.49. The molecule has 5 nitrogen and oxygen atoms in total. The number of hydrogen-bond acceptors (Lipinski definition) is 2. The summed E-state index contributed by atoms with van der Waals surface area (Å²) in [6.45, 7) is 8.15. The minimum Gasteiger partial charge on any atom is -0.338 e. The SMILES string of the molecule is CC(C)(C)NC(=O)N1CC[C@]2(CCCN(Cc3ccc(F)cc3)C2=O)C1. The molecule has 1 aromatic carbocycles. The molecular weight excluding hydrogens is 333 g/mol. The Kier molecular flexibility index (Phi) is 4.95. The van der Waals surface area contributed by atoms with Crippen LogP contribution in [0.1, 0.15) is 45.6 Å². The molecule has 2 heterocycles. The molecule has 0 radical (unpaired) electrons. The lowest BCUT2D eigenvalue weighted by molar-refractivity contribution is -0.146. The molecule has 1 spiro atoms. The topological polar surface area (TPSA) is 52.7 Å². The van der Waals surface area contributed by atoms with Crippen molar-refractivity contribution in [2.24, 2.45) is 5.41 Å². The van der Waals surface area contributed by atoms with Crippen molar-refractivity contribution in [3.8, 4) is 0 Å². The molecule has 0 unspecified atom stereocenters. The lowest BCUT2D eigenvalue weighted by atomic mass is 9.78. The van der Waals surface area contributed by atoms with Crippen LogP contribution in [0.25, 0.3) is 0 Å². The summed E-state index contributed by atoms with van der Waals surface area (Å²) in [5.74, 6) is -0.148. The van der Waals surface area contributed by atoms with Crippen molar-refractivity contribution in [1.82, 2.24) is 15.1 Å². The van der Waals surface area contributed by atoms with E-state index in [2.05, 4.69) is 5.32 Å². The third kappa shape index (κ3) is 4.00. The third-order valence-electron chi connectivity index (χ3n) is 5.23. The van der Waals surface area contributed by atoms with Crippen molar-refractivity contribution in [2.45, 2.75) is 52.1 Å². The Morgan fingerprint density at radius 2 is 1.88 bits per heavy atom. The van der Waals surface area contributed by atoms with Gasteiger partial charge >= 0.3 is 6.03 Å². The number of carbonyl (C=O) groups excluding carboxylic acids is 2. The number of rotatable bonds is 2. The molecule has 0 saturated carbocycles. The number of likely N-dealkylation sites (tertiary alicyclic amines) is 2. The first-order valence-corrected chi connectivity index (χ1v) is 9.29. The molecule has 0 bridgehead atoms. The smallest absolute Gasteiger partial charge is 0.317 e. The van der Waals surface area contributed by atoms with E-state index in [0.29, 0.717) is 32.6 Å². The van der Waals surface area contributed by atoms with Gasteiger partial charge < -0.3 is 15.1 Å². The predicted octanol–water partition coefficient (Wildman–Crippen LogP) is 3.15. The number of amides is 3. The van der Waals surface area contributed by atoms with Crippen LogP contribution in [-0.2, 0) is 11.3 Å². The van der Waals surface area contributed by atoms with Crippen molar-refractivity contribution in [3.05, 3.63) is 35.6 Å². The monoisotopic (exact) mass is 361 g/mol. The van der Waals surface area contributed by atoms with Gasteiger partial charge in [0, 0.05) is 31.7 Å². The lowest BCUT2D eigenvalue weighted by Gasteiger charge is -2.39. The molecule has 2 aliphatic heterocycles. The number of hydrogen-bond donors (Lipinski definition) is 1. The zero-order chi connectivity index (χ0) is 18.9. The van der Waals surface area contributed by atoms with E-state index in [4.69, 9.17) is 0 Å². The molecule has 26 heavy (non-hydrogen) atoms. The Bertz CT molecular complexity index is 683. The first-order chi connectivity index (χ1) is 12.2. The van der Waals surface area contributed by atoms with E-state index >= 15 is 0 Å². The van der Waals surface area contributed by atoms with Gasteiger partial charge in [0.1, 0.15) is 5.82 Å². The Labute approximate surface area is 154 Å². The van der Waals surface area contributed by atoms with Gasteiger partial charge in [0.15, 0.2) is 0 Å². The second-order valence-corrected chi connectivity index (χ2v) is 8.59. The molecule has 1 aromatic rings. The molecule has 2 aliphatic rings. The predicted molar refractivity (Wildman–Crippen MR) is 98.0 cm³/mol. The highest BCUT2D eigenvalue weighted by Crippen LogP contribution is 2.40. The van der Waals surface area contributed by atoms with Crippen molar-refractivity contribution < 1.29 is 14.0 Å². The van der Waals surface area contributed by atoms with Crippen molar-refractivity contribution in [2.75, 3.05) is 19.6 Å². The number of nitrogens with one attached hydrogen (secondary N) is 1. The molecule has 2 saturated heterocycles. The van der Waals surface area contributed by atoms with Gasteiger partial charge in [-0.1, -0.05) is 12.1 Å². The van der Waals surface area contributed by atoms with Gasteiger partial charge in [0.2, 0.25) is 5.91 Å². The molecule has 0 aromatic heterocycles. The Balaban J connectivity index is 1.67. The average molecular weight is 361 g/mol. The Morgan fingerprint density at radius 1 is 1.19 bits per heavy atom. The van der Waals surface area contributed by atoms with Crippen molar-refractivity contribution in [1.29, 1.82) is 0 Å². The maximum absolute atomic E-state index is 13.2. The average Bonchev–Trinajstić information content (AvgIpc) is 2.98. The minimum absolute atomic E-state index is 0.0992. The summed E-state index contributed by atoms with van der Waals surface area (Å²) in [5.41, 5.74) is 0.169. The van der Waals surface area contributed by atoms with Crippen LogP contribution in [0.2, 0.25) is 0 Å². The molecule has 3 amide bonds. The zero-order valence-corrected chi connectivity index (χ0v) is 15.8. The maximum Gasteiger partial charge on any atom is 0.317 e. The number of urea groups is 1. The first kappa shape index (κ1) is 18.7. The van der Waals surface area contributed by atoms with E-state index < -0.39 is 5.41 Å². The van der Waals surface area contributed by atoms with Gasteiger partial charge in [0.25, 0.3) is 0 Å². The van der Waals surface area contributed by atoms with Crippen LogP contribution in [0.4, 0.5) is 9.18 Å². The number of halogens is 1. The molecule has 0 aliphatic carbocycles. The second kappa shape index (κ2) is 6.89. The fourth-order valence-corrected chi connectivity index (χ4v) is 3.94. The molecule has 1 atom stereocenters. The summed E-state index contributed by atoms with van der Waals surface area (Å²) in [6.07, 6.45) is 2.47. The van der Waals surface area contributed by atoms with Crippen LogP contribution < -0.4 is 5.32 Å². The van der Waals surface area contributed by atoms with Crippen molar-refractivity contribution >= 4 is 11.9 Å². The van der Waals surface area contributed by atoms with Gasteiger partial charge in [-0.25, -0.2) is 9.18 Å². The van der Waals surface area contributed by atoms with Gasteiger partial charge in [-0.15, -0.1) is 0 Å². The fraction of sp³-hybridized carbons (Fsp3) is 0.600. The highest BCUT2D eigenvalue weighted by molar-refractivity contribution is 5.86. The summed E-state index contributed by atoms with van der Waals surface area (Å²) in [5, 5.41) is 2.98. The van der Waals surface area contributed by atoms with Crippen LogP contribution in [-0.4, -0.2) is 46.9 Å². The Hall–Kier alpha value is -2.11. The van der Waals surface area contributed by atoms with Crippen LogP contribution in [0.3, 0.4) is 0 Å². The van der Waals surface area contributed by atoms with Crippen LogP contribution in [0, 0.1) is 11.2 Å². The summed E-state index contributed by atoms with van der Waals surface area (Å²) < 4.78 is 13.1. The normalized spacial score (nSPS) is 23.6. The Morgan fingerprint density at radius 3 is 2.54 bits per heavy atom. The molecule has 1 N–H and O–H groups in total. The molecule has 3 rings (SSSR count). The highest BCUT2D eigenvalue weighted by atomic mass is 19.1. The van der Waals surface area contributed by atoms with Crippen LogP contribution in [0.15, 0.2) is 24.3 Å². The minimum atomic E-state index is -0.465. The number of nitrogens with zero attached hydrogens (tertiary/aromatic N) is 2. The van der Waals surface area contributed by atoms with E-state index in [9.17, 15) is 14.0 Å². The van der Waals surface area contributed by atoms with Crippen LogP contribution in [0.5, 0.6) is 0 Å². The second-order valence-electron chi connectivity index (χ2n) is 8.59. The zero-order valence-electron chi connectivity index (χ0n) is 15.8. The van der Waals surface area contributed by atoms with Gasteiger partial charge in [-0.05, 0) is 57.7 Å². The molecule has 142 valence electrons.